The Morgan fingerprint density at radius 1 is 1.03 bits per heavy atom. The summed E-state index contributed by atoms with van der Waals surface area (Å²) in [6.45, 7) is 5.60. The first kappa shape index (κ1) is 24.2. The van der Waals surface area contributed by atoms with Gasteiger partial charge in [-0.15, -0.1) is 0 Å². The predicted octanol–water partition coefficient (Wildman–Crippen LogP) is 6.72. The number of nitrogens with zero attached hydrogens (tertiary/aromatic N) is 3. The van der Waals surface area contributed by atoms with Crippen LogP contribution in [0.15, 0.2) is 65.7 Å². The number of unbranched alkanes of at least 4 members (excludes halogenated alkanes) is 2. The molecular weight excluding hydrogens is 462 g/mol. The highest BCUT2D eigenvalue weighted by atomic mass is 32.2. The molecule has 1 aliphatic heterocycles. The van der Waals surface area contributed by atoms with Crippen LogP contribution in [0.3, 0.4) is 0 Å². The fraction of sp³-hybridized carbons (Fsp3) is 0.296. The largest absolute Gasteiger partial charge is 0.494 e. The van der Waals surface area contributed by atoms with Crippen LogP contribution in [-0.4, -0.2) is 38.1 Å². The van der Waals surface area contributed by atoms with Crippen LogP contribution in [0.25, 0.3) is 23.0 Å². The van der Waals surface area contributed by atoms with Crippen LogP contribution in [0.4, 0.5) is 0 Å². The number of thioether (sulfide) groups is 1. The zero-order chi connectivity index (χ0) is 23.9. The number of aromatic nitrogens is 2. The number of amides is 1. The Kier molecular flexibility index (Phi) is 8.19. The topological polar surface area (TPSA) is 47.4 Å². The first-order valence-electron chi connectivity index (χ1n) is 11.7. The zero-order valence-corrected chi connectivity index (χ0v) is 21.2. The van der Waals surface area contributed by atoms with Crippen LogP contribution in [0.1, 0.15) is 45.1 Å². The average molecular weight is 492 g/mol. The maximum Gasteiger partial charge on any atom is 0.266 e. The van der Waals surface area contributed by atoms with Crippen molar-refractivity contribution >= 4 is 40.3 Å². The lowest BCUT2D eigenvalue weighted by molar-refractivity contribution is -0.122. The fourth-order valence-electron chi connectivity index (χ4n) is 3.71. The summed E-state index contributed by atoms with van der Waals surface area (Å²) in [5, 5.41) is 4.87. The van der Waals surface area contributed by atoms with E-state index >= 15 is 0 Å². The Morgan fingerprint density at radius 2 is 1.79 bits per heavy atom. The van der Waals surface area contributed by atoms with E-state index in [2.05, 4.69) is 13.8 Å². The summed E-state index contributed by atoms with van der Waals surface area (Å²) in [5.41, 5.74) is 3.60. The van der Waals surface area contributed by atoms with Gasteiger partial charge in [0.2, 0.25) is 0 Å². The summed E-state index contributed by atoms with van der Waals surface area (Å²) in [6.07, 6.45) is 8.00. The Bertz CT molecular complexity index is 1170. The van der Waals surface area contributed by atoms with Crippen molar-refractivity contribution in [2.75, 3.05) is 13.2 Å². The van der Waals surface area contributed by atoms with Crippen molar-refractivity contribution in [2.24, 2.45) is 0 Å². The van der Waals surface area contributed by atoms with E-state index in [-0.39, 0.29) is 5.91 Å². The van der Waals surface area contributed by atoms with E-state index in [1.165, 1.54) is 11.8 Å². The molecule has 1 aromatic heterocycles. The monoisotopic (exact) mass is 491 g/mol. The van der Waals surface area contributed by atoms with Gasteiger partial charge in [-0.25, -0.2) is 4.68 Å². The first-order chi connectivity index (χ1) is 16.6. The van der Waals surface area contributed by atoms with Crippen LogP contribution in [0, 0.1) is 0 Å². The lowest BCUT2D eigenvalue weighted by Crippen LogP contribution is -2.28. The maximum absolute atomic E-state index is 13.1. The van der Waals surface area contributed by atoms with Gasteiger partial charge in [0.1, 0.15) is 10.1 Å². The number of benzene rings is 2. The lowest BCUT2D eigenvalue weighted by Gasteiger charge is -2.13. The average Bonchev–Trinajstić information content (AvgIpc) is 3.40. The van der Waals surface area contributed by atoms with Crippen molar-refractivity contribution in [1.82, 2.24) is 14.7 Å². The molecule has 34 heavy (non-hydrogen) atoms. The molecule has 2 heterocycles. The third kappa shape index (κ3) is 5.59. The number of thiocarbonyl (C=S) groups is 1. The van der Waals surface area contributed by atoms with Crippen LogP contribution in [0.5, 0.6) is 5.75 Å². The molecule has 0 N–H and O–H groups in total. The van der Waals surface area contributed by atoms with Gasteiger partial charge in [0.25, 0.3) is 5.91 Å². The SMILES string of the molecule is CCCCCN1C(=O)C(=Cc2cn(-c3ccccc3)nc2-c2ccc(OCCC)cc2)SC1=S. The molecule has 1 fully saturated rings. The smallest absolute Gasteiger partial charge is 0.266 e. The summed E-state index contributed by atoms with van der Waals surface area (Å²) in [7, 11) is 0. The lowest BCUT2D eigenvalue weighted by atomic mass is 10.1. The minimum atomic E-state index is -0.0205. The van der Waals surface area contributed by atoms with Crippen LogP contribution < -0.4 is 4.74 Å². The molecular formula is C27H29N3O2S2. The van der Waals surface area contributed by atoms with E-state index in [1.807, 2.05) is 71.6 Å². The van der Waals surface area contributed by atoms with E-state index in [0.29, 0.717) is 22.4 Å². The summed E-state index contributed by atoms with van der Waals surface area (Å²) in [6, 6.07) is 17.9. The molecule has 1 amide bonds. The molecule has 0 atom stereocenters. The van der Waals surface area contributed by atoms with Gasteiger partial charge in [-0.2, -0.15) is 5.10 Å². The van der Waals surface area contributed by atoms with Gasteiger partial charge in [-0.05, 0) is 55.3 Å². The summed E-state index contributed by atoms with van der Waals surface area (Å²) in [5.74, 6) is 0.815. The zero-order valence-electron chi connectivity index (χ0n) is 19.6. The Labute approximate surface area is 210 Å². The van der Waals surface area contributed by atoms with Gasteiger partial charge in [-0.3, -0.25) is 9.69 Å². The van der Waals surface area contributed by atoms with Crippen LogP contribution in [-0.2, 0) is 4.79 Å². The van der Waals surface area contributed by atoms with Gasteiger partial charge in [-0.1, -0.05) is 68.9 Å². The minimum absolute atomic E-state index is 0.0205. The third-order valence-electron chi connectivity index (χ3n) is 5.51. The number of rotatable bonds is 10. The Hall–Kier alpha value is -2.90. The van der Waals surface area contributed by atoms with Crippen molar-refractivity contribution in [2.45, 2.75) is 39.5 Å². The Morgan fingerprint density at radius 3 is 2.50 bits per heavy atom. The minimum Gasteiger partial charge on any atom is -0.494 e. The molecule has 4 rings (SSSR count). The van der Waals surface area contributed by atoms with Crippen molar-refractivity contribution < 1.29 is 9.53 Å². The van der Waals surface area contributed by atoms with Crippen LogP contribution in [0.2, 0.25) is 0 Å². The maximum atomic E-state index is 13.1. The molecule has 1 saturated heterocycles. The van der Waals surface area contributed by atoms with E-state index < -0.39 is 0 Å². The summed E-state index contributed by atoms with van der Waals surface area (Å²) >= 11 is 6.88. The molecule has 0 unspecified atom stereocenters. The number of ether oxygens (including phenoxy) is 1. The second-order valence-electron chi connectivity index (χ2n) is 8.13. The number of hydrogen-bond acceptors (Lipinski definition) is 5. The molecule has 7 heteroatoms. The van der Waals surface area contributed by atoms with Gasteiger partial charge < -0.3 is 4.74 Å². The molecule has 176 valence electrons. The first-order valence-corrected chi connectivity index (χ1v) is 13.0. The molecule has 0 radical (unpaired) electrons. The number of para-hydroxylation sites is 1. The molecule has 0 bridgehead atoms. The highest BCUT2D eigenvalue weighted by molar-refractivity contribution is 8.26. The van der Waals surface area contributed by atoms with E-state index in [4.69, 9.17) is 22.1 Å². The molecule has 5 nitrogen and oxygen atoms in total. The molecule has 0 saturated carbocycles. The van der Waals surface area contributed by atoms with Crippen molar-refractivity contribution in [3.05, 3.63) is 71.3 Å². The second kappa shape index (κ2) is 11.5. The van der Waals surface area contributed by atoms with Crippen molar-refractivity contribution in [3.8, 4) is 22.7 Å². The van der Waals surface area contributed by atoms with E-state index in [0.717, 1.165) is 53.9 Å². The third-order valence-corrected chi connectivity index (χ3v) is 6.89. The standard InChI is InChI=1S/C27H29N3O2S2/c1-3-5-9-16-29-26(31)24(34-27(29)33)18-21-19-30(22-10-7-6-8-11-22)28-25(21)20-12-14-23(15-13-20)32-17-4-2/h6-8,10-15,18-19H,3-5,9,16-17H2,1-2H3. The molecule has 0 aliphatic carbocycles. The quantitative estimate of drug-likeness (QED) is 0.179. The van der Waals surface area contributed by atoms with Crippen LogP contribution >= 0.6 is 24.0 Å². The molecule has 3 aromatic rings. The highest BCUT2D eigenvalue weighted by Gasteiger charge is 2.32. The highest BCUT2D eigenvalue weighted by Crippen LogP contribution is 2.35. The van der Waals surface area contributed by atoms with Crippen molar-refractivity contribution in [1.29, 1.82) is 0 Å². The van der Waals surface area contributed by atoms with E-state index in [9.17, 15) is 4.79 Å². The van der Waals surface area contributed by atoms with Crippen molar-refractivity contribution in [3.63, 3.8) is 0 Å². The van der Waals surface area contributed by atoms with Gasteiger partial charge in [0.05, 0.1) is 22.9 Å². The number of carbonyl (C=O) groups is 1. The van der Waals surface area contributed by atoms with Gasteiger partial charge >= 0.3 is 0 Å². The number of carbonyl (C=O) groups excluding carboxylic acids is 1. The summed E-state index contributed by atoms with van der Waals surface area (Å²) < 4.78 is 8.21. The molecule has 0 spiro atoms. The summed E-state index contributed by atoms with van der Waals surface area (Å²) in [4.78, 5) is 15.5. The van der Waals surface area contributed by atoms with Gasteiger partial charge in [0, 0.05) is 23.9 Å². The van der Waals surface area contributed by atoms with E-state index in [1.54, 1.807) is 4.90 Å². The van der Waals surface area contributed by atoms with Gasteiger partial charge in [0.15, 0.2) is 0 Å². The molecule has 1 aliphatic rings. The normalized spacial score (nSPS) is 14.9. The second-order valence-corrected chi connectivity index (χ2v) is 9.80. The predicted molar refractivity (Wildman–Crippen MR) is 144 cm³/mol. The number of hydrogen-bond donors (Lipinski definition) is 0. The molecule has 2 aromatic carbocycles. The Balaban J connectivity index is 1.68. The fourth-order valence-corrected chi connectivity index (χ4v) is 5.01.